The van der Waals surface area contributed by atoms with Crippen LogP contribution < -0.4 is 0 Å². The Morgan fingerprint density at radius 3 is 2.00 bits per heavy atom. The molecule has 0 amide bonds. The Labute approximate surface area is 279 Å². The van der Waals surface area contributed by atoms with Gasteiger partial charge in [-0.15, -0.1) is 18.3 Å². The molecule has 0 saturated heterocycles. The standard InChI is InChI=1S/C24H27FS.C11H22O.C7H10/c1-16(2)17(3)23(19(5)26-6)24(21-10-8-7-9-11-21)18(4)20-12-14-22(25)15-13-20;1-5-6-11(12)8-10(4)7-9(2)3;1-7-5-3-2-4-6-7/h7-16H,5H2,1-4,6H3;10-12H,2,5-8H2,1,3-4H3;3,5-6H,2,4H2,1H3/b23-17+,24-18+;;. The van der Waals surface area contributed by atoms with E-state index in [9.17, 15) is 9.50 Å². The van der Waals surface area contributed by atoms with Crippen LogP contribution >= 0.6 is 11.8 Å². The van der Waals surface area contributed by atoms with Crippen LogP contribution in [-0.4, -0.2) is 17.5 Å². The van der Waals surface area contributed by atoms with Crippen molar-refractivity contribution in [3.63, 3.8) is 0 Å². The van der Waals surface area contributed by atoms with E-state index in [1.807, 2.05) is 25.1 Å². The largest absolute Gasteiger partial charge is 0.393 e. The molecule has 0 bridgehead atoms. The molecule has 3 heteroatoms. The summed E-state index contributed by atoms with van der Waals surface area (Å²) in [6.07, 6.45) is 15.0. The molecule has 2 aromatic carbocycles. The summed E-state index contributed by atoms with van der Waals surface area (Å²) in [6, 6.07) is 17.1. The van der Waals surface area contributed by atoms with Crippen molar-refractivity contribution in [2.75, 3.05) is 6.26 Å². The second-order valence-corrected chi connectivity index (χ2v) is 13.5. The number of thioether (sulfide) groups is 1. The van der Waals surface area contributed by atoms with Crippen molar-refractivity contribution >= 4 is 22.9 Å². The maximum atomic E-state index is 13.4. The van der Waals surface area contributed by atoms with Gasteiger partial charge in [0.05, 0.1) is 6.10 Å². The molecule has 45 heavy (non-hydrogen) atoms. The van der Waals surface area contributed by atoms with Crippen molar-refractivity contribution in [3.05, 3.63) is 130 Å². The van der Waals surface area contributed by atoms with Gasteiger partial charge in [-0.3, -0.25) is 0 Å². The number of aliphatic hydroxyl groups is 1. The van der Waals surface area contributed by atoms with Crippen molar-refractivity contribution in [1.29, 1.82) is 0 Å². The van der Waals surface area contributed by atoms with Gasteiger partial charge in [0.15, 0.2) is 0 Å². The van der Waals surface area contributed by atoms with Crippen LogP contribution in [0.3, 0.4) is 0 Å². The van der Waals surface area contributed by atoms with E-state index in [4.69, 9.17) is 0 Å². The van der Waals surface area contributed by atoms with Gasteiger partial charge in [-0.25, -0.2) is 4.39 Å². The zero-order chi connectivity index (χ0) is 33.9. The van der Waals surface area contributed by atoms with E-state index < -0.39 is 0 Å². The number of halogens is 1. The summed E-state index contributed by atoms with van der Waals surface area (Å²) in [5.74, 6) is 0.767. The molecule has 0 saturated carbocycles. The van der Waals surface area contributed by atoms with Crippen LogP contribution in [0, 0.1) is 17.7 Å². The van der Waals surface area contributed by atoms with Crippen LogP contribution in [0.4, 0.5) is 4.39 Å². The third-order valence-electron chi connectivity index (χ3n) is 7.92. The van der Waals surface area contributed by atoms with Gasteiger partial charge in [0.25, 0.3) is 0 Å². The van der Waals surface area contributed by atoms with Gasteiger partial charge in [0, 0.05) is 4.91 Å². The molecule has 2 unspecified atom stereocenters. The Morgan fingerprint density at radius 1 is 0.933 bits per heavy atom. The molecule has 0 heterocycles. The molecular formula is C42H59FOS. The minimum atomic E-state index is -0.217. The minimum absolute atomic E-state index is 0.107. The van der Waals surface area contributed by atoms with Crippen LogP contribution in [0.1, 0.15) is 105 Å². The third-order valence-corrected chi connectivity index (χ3v) is 8.62. The van der Waals surface area contributed by atoms with Crippen LogP contribution in [0.2, 0.25) is 0 Å². The minimum Gasteiger partial charge on any atom is -0.393 e. The summed E-state index contributed by atoms with van der Waals surface area (Å²) in [7, 11) is 0. The fourth-order valence-corrected chi connectivity index (χ4v) is 5.75. The molecule has 0 fully saturated rings. The molecular weight excluding hydrogens is 572 g/mol. The summed E-state index contributed by atoms with van der Waals surface area (Å²) >= 11 is 1.67. The highest BCUT2D eigenvalue weighted by molar-refractivity contribution is 8.02. The van der Waals surface area contributed by atoms with Gasteiger partial charge >= 0.3 is 0 Å². The highest BCUT2D eigenvalue weighted by atomic mass is 32.2. The average molecular weight is 631 g/mol. The molecule has 2 atom stereocenters. The highest BCUT2D eigenvalue weighted by Crippen LogP contribution is 2.41. The average Bonchev–Trinajstić information content (AvgIpc) is 3.00. The Balaban J connectivity index is 0.000000436. The number of hydrogen-bond acceptors (Lipinski definition) is 2. The zero-order valence-corrected chi connectivity index (χ0v) is 30.4. The van der Waals surface area contributed by atoms with Gasteiger partial charge in [-0.1, -0.05) is 118 Å². The van der Waals surface area contributed by atoms with Gasteiger partial charge in [-0.05, 0) is 118 Å². The topological polar surface area (TPSA) is 20.2 Å². The molecule has 1 aliphatic carbocycles. The molecule has 1 aliphatic rings. The zero-order valence-electron chi connectivity index (χ0n) is 29.6. The Morgan fingerprint density at radius 2 is 1.56 bits per heavy atom. The quantitative estimate of drug-likeness (QED) is 0.143. The SMILES string of the molecule is C=C(C)CC(C)CC(O)CCC.C=C(SC)C(=C(/C)C(C)C)/C(=C(\C)c1ccc(F)cc1)c1ccccc1.CC1=CCCC=C1. The highest BCUT2D eigenvalue weighted by Gasteiger charge is 2.19. The van der Waals surface area contributed by atoms with E-state index in [2.05, 4.69) is 110 Å². The molecule has 0 aliphatic heterocycles. The fraction of sp³-hybridized carbons (Fsp3) is 0.429. The normalized spacial score (nSPS) is 14.9. The summed E-state index contributed by atoms with van der Waals surface area (Å²) in [5, 5.41) is 9.50. The lowest BCUT2D eigenvalue weighted by Crippen LogP contribution is -2.11. The summed E-state index contributed by atoms with van der Waals surface area (Å²) in [4.78, 5) is 1.05. The van der Waals surface area contributed by atoms with Crippen molar-refractivity contribution in [1.82, 2.24) is 0 Å². The molecule has 1 N–H and O–H groups in total. The summed E-state index contributed by atoms with van der Waals surface area (Å²) in [6.45, 7) is 25.4. The molecule has 3 rings (SSSR count). The van der Waals surface area contributed by atoms with Gasteiger partial charge in [-0.2, -0.15) is 0 Å². The van der Waals surface area contributed by atoms with E-state index in [1.165, 1.54) is 52.8 Å². The predicted octanol–water partition coefficient (Wildman–Crippen LogP) is 13.0. The molecule has 2 aromatic rings. The molecule has 1 nitrogen and oxygen atoms in total. The maximum Gasteiger partial charge on any atom is 0.123 e. The Bertz CT molecular complexity index is 1310. The van der Waals surface area contributed by atoms with E-state index in [0.717, 1.165) is 47.3 Å². The van der Waals surface area contributed by atoms with Crippen LogP contribution in [-0.2, 0) is 0 Å². The van der Waals surface area contributed by atoms with E-state index in [0.29, 0.717) is 11.8 Å². The molecule has 246 valence electrons. The van der Waals surface area contributed by atoms with Crippen molar-refractivity contribution < 1.29 is 9.50 Å². The number of benzene rings is 2. The number of rotatable bonds is 12. The second kappa shape index (κ2) is 21.8. The lowest BCUT2D eigenvalue weighted by molar-refractivity contribution is 0.135. The molecule has 0 radical (unpaired) electrons. The lowest BCUT2D eigenvalue weighted by Gasteiger charge is -2.22. The fourth-order valence-electron chi connectivity index (χ4n) is 5.28. The first kappa shape index (κ1) is 40.1. The van der Waals surface area contributed by atoms with E-state index in [1.54, 1.807) is 11.8 Å². The Kier molecular flexibility index (Phi) is 19.4. The lowest BCUT2D eigenvalue weighted by atomic mass is 9.85. The molecule has 0 aromatic heterocycles. The van der Waals surface area contributed by atoms with Crippen molar-refractivity contribution in [2.45, 2.75) is 100 Å². The third kappa shape index (κ3) is 15.3. The second-order valence-electron chi connectivity index (χ2n) is 12.6. The van der Waals surface area contributed by atoms with Gasteiger partial charge in [0.1, 0.15) is 5.82 Å². The summed E-state index contributed by atoms with van der Waals surface area (Å²) < 4.78 is 13.4. The van der Waals surface area contributed by atoms with Crippen molar-refractivity contribution in [3.8, 4) is 0 Å². The van der Waals surface area contributed by atoms with E-state index >= 15 is 0 Å². The molecule has 0 spiro atoms. The van der Waals surface area contributed by atoms with E-state index in [-0.39, 0.29) is 11.9 Å². The number of allylic oxidation sites excluding steroid dienone is 9. The first-order valence-electron chi connectivity index (χ1n) is 16.4. The number of aliphatic hydroxyl groups excluding tert-OH is 1. The van der Waals surface area contributed by atoms with Crippen LogP contribution in [0.25, 0.3) is 11.1 Å². The summed E-state index contributed by atoms with van der Waals surface area (Å²) in [5.41, 5.74) is 9.60. The smallest absolute Gasteiger partial charge is 0.123 e. The first-order chi connectivity index (χ1) is 21.3. The van der Waals surface area contributed by atoms with Crippen molar-refractivity contribution in [2.24, 2.45) is 11.8 Å². The number of hydrogen-bond donors (Lipinski definition) is 1. The monoisotopic (exact) mass is 630 g/mol. The Hall–Kier alpha value is -2.88. The van der Waals surface area contributed by atoms with Gasteiger partial charge < -0.3 is 5.11 Å². The predicted molar refractivity (Wildman–Crippen MR) is 202 cm³/mol. The van der Waals surface area contributed by atoms with Crippen LogP contribution in [0.5, 0.6) is 0 Å². The van der Waals surface area contributed by atoms with Crippen LogP contribution in [0.15, 0.2) is 113 Å². The maximum absolute atomic E-state index is 13.4. The van der Waals surface area contributed by atoms with Gasteiger partial charge in [0.2, 0.25) is 0 Å². The first-order valence-corrected chi connectivity index (χ1v) is 17.7.